The van der Waals surface area contributed by atoms with E-state index in [0.29, 0.717) is 17.4 Å². The minimum absolute atomic E-state index is 0.0530. The van der Waals surface area contributed by atoms with Crippen LogP contribution in [0.25, 0.3) is 0 Å². The van der Waals surface area contributed by atoms with E-state index in [9.17, 15) is 9.59 Å². The highest BCUT2D eigenvalue weighted by molar-refractivity contribution is 8.00. The molecule has 0 spiro atoms. The zero-order valence-electron chi connectivity index (χ0n) is 18.5. The van der Waals surface area contributed by atoms with Crippen molar-refractivity contribution in [2.75, 3.05) is 17.2 Å². The quantitative estimate of drug-likeness (QED) is 0.397. The summed E-state index contributed by atoms with van der Waals surface area (Å²) in [6, 6.07) is 24.6. The van der Waals surface area contributed by atoms with Gasteiger partial charge in [0.2, 0.25) is 5.91 Å². The number of anilines is 2. The van der Waals surface area contributed by atoms with Crippen molar-refractivity contribution in [1.29, 1.82) is 0 Å². The smallest absolute Gasteiger partial charge is 0.262 e. The third-order valence-electron chi connectivity index (χ3n) is 4.78. The van der Waals surface area contributed by atoms with Gasteiger partial charge in [0.1, 0.15) is 5.75 Å². The van der Waals surface area contributed by atoms with Gasteiger partial charge in [-0.15, -0.1) is 11.8 Å². The van der Waals surface area contributed by atoms with Gasteiger partial charge in [0, 0.05) is 16.3 Å². The van der Waals surface area contributed by atoms with Crippen LogP contribution in [-0.4, -0.2) is 23.7 Å². The van der Waals surface area contributed by atoms with Gasteiger partial charge in [0.25, 0.3) is 5.91 Å². The highest BCUT2D eigenvalue weighted by atomic mass is 32.2. The number of thioether (sulfide) groups is 1. The van der Waals surface area contributed by atoms with Gasteiger partial charge in [-0.3, -0.25) is 9.59 Å². The Morgan fingerprint density at radius 1 is 0.812 bits per heavy atom. The molecule has 3 aromatic rings. The Balaban J connectivity index is 1.46. The van der Waals surface area contributed by atoms with Crippen molar-refractivity contribution in [3.05, 3.63) is 84.4 Å². The Hall–Kier alpha value is -3.25. The Labute approximate surface area is 193 Å². The fourth-order valence-electron chi connectivity index (χ4n) is 2.93. The topological polar surface area (TPSA) is 67.4 Å². The minimum Gasteiger partial charge on any atom is -0.484 e. The number of rotatable bonds is 9. The molecule has 0 heterocycles. The SMILES string of the molecule is CC(Sc1ccc(NC(=O)COc2ccccc2)cc1)C(=O)Nc1ccc(C(C)C)cc1. The molecule has 1 atom stereocenters. The van der Waals surface area contributed by atoms with Gasteiger partial charge >= 0.3 is 0 Å². The zero-order valence-corrected chi connectivity index (χ0v) is 19.3. The summed E-state index contributed by atoms with van der Waals surface area (Å²) in [6.45, 7) is 6.10. The number of carbonyl (C=O) groups is 2. The van der Waals surface area contributed by atoms with Gasteiger partial charge in [-0.05, 0) is 66.9 Å². The Bertz CT molecular complexity index is 1020. The van der Waals surface area contributed by atoms with E-state index in [1.54, 1.807) is 12.1 Å². The number of carbonyl (C=O) groups excluding carboxylic acids is 2. The third kappa shape index (κ3) is 7.17. The van der Waals surface area contributed by atoms with E-state index in [4.69, 9.17) is 4.74 Å². The van der Waals surface area contributed by atoms with Crippen molar-refractivity contribution in [2.24, 2.45) is 0 Å². The maximum absolute atomic E-state index is 12.5. The van der Waals surface area contributed by atoms with E-state index >= 15 is 0 Å². The highest BCUT2D eigenvalue weighted by Gasteiger charge is 2.15. The summed E-state index contributed by atoms with van der Waals surface area (Å²) in [5.41, 5.74) is 2.71. The first-order chi connectivity index (χ1) is 15.4. The fraction of sp³-hybridized carbons (Fsp3) is 0.231. The van der Waals surface area contributed by atoms with Crippen LogP contribution in [0.15, 0.2) is 83.8 Å². The molecule has 2 amide bonds. The monoisotopic (exact) mass is 448 g/mol. The van der Waals surface area contributed by atoms with Crippen molar-refractivity contribution in [2.45, 2.75) is 36.8 Å². The van der Waals surface area contributed by atoms with Crippen LogP contribution in [0.2, 0.25) is 0 Å². The molecule has 3 aromatic carbocycles. The van der Waals surface area contributed by atoms with Gasteiger partial charge in [0.05, 0.1) is 5.25 Å². The molecule has 0 saturated heterocycles. The first-order valence-corrected chi connectivity index (χ1v) is 11.4. The van der Waals surface area contributed by atoms with Crippen LogP contribution in [0.3, 0.4) is 0 Å². The van der Waals surface area contributed by atoms with E-state index in [-0.39, 0.29) is 23.7 Å². The summed E-state index contributed by atoms with van der Waals surface area (Å²) in [7, 11) is 0. The lowest BCUT2D eigenvalue weighted by Gasteiger charge is -2.13. The number of amides is 2. The van der Waals surface area contributed by atoms with Crippen molar-refractivity contribution < 1.29 is 14.3 Å². The van der Waals surface area contributed by atoms with E-state index in [1.807, 2.05) is 73.7 Å². The largest absolute Gasteiger partial charge is 0.484 e. The molecule has 166 valence electrons. The Morgan fingerprint density at radius 3 is 2.03 bits per heavy atom. The fourth-order valence-corrected chi connectivity index (χ4v) is 3.80. The summed E-state index contributed by atoms with van der Waals surface area (Å²) < 4.78 is 5.45. The molecule has 32 heavy (non-hydrogen) atoms. The number of ether oxygens (including phenoxy) is 1. The summed E-state index contributed by atoms with van der Waals surface area (Å²) in [5.74, 6) is 0.823. The second-order valence-corrected chi connectivity index (χ2v) is 9.11. The normalized spacial score (nSPS) is 11.6. The average Bonchev–Trinajstić information content (AvgIpc) is 2.80. The Morgan fingerprint density at radius 2 is 1.41 bits per heavy atom. The van der Waals surface area contributed by atoms with Crippen molar-refractivity contribution >= 4 is 35.0 Å². The molecule has 3 rings (SSSR count). The minimum atomic E-state index is -0.264. The van der Waals surface area contributed by atoms with Crippen molar-refractivity contribution in [1.82, 2.24) is 0 Å². The van der Waals surface area contributed by atoms with Crippen molar-refractivity contribution in [3.63, 3.8) is 0 Å². The Kier molecular flexibility index (Phi) is 8.34. The molecule has 6 heteroatoms. The molecule has 0 aliphatic heterocycles. The lowest BCUT2D eigenvalue weighted by Crippen LogP contribution is -2.22. The third-order valence-corrected chi connectivity index (χ3v) is 5.89. The zero-order chi connectivity index (χ0) is 22.9. The lowest BCUT2D eigenvalue weighted by molar-refractivity contribution is -0.118. The predicted octanol–water partition coefficient (Wildman–Crippen LogP) is 5.95. The van der Waals surface area contributed by atoms with E-state index in [0.717, 1.165) is 10.6 Å². The maximum atomic E-state index is 12.5. The second kappa shape index (κ2) is 11.4. The van der Waals surface area contributed by atoms with Crippen LogP contribution in [0.1, 0.15) is 32.3 Å². The predicted molar refractivity (Wildman–Crippen MR) is 131 cm³/mol. The molecule has 0 fully saturated rings. The first-order valence-electron chi connectivity index (χ1n) is 10.6. The van der Waals surface area contributed by atoms with Gasteiger partial charge < -0.3 is 15.4 Å². The molecule has 1 unspecified atom stereocenters. The summed E-state index contributed by atoms with van der Waals surface area (Å²) in [4.78, 5) is 25.6. The number of hydrogen-bond donors (Lipinski definition) is 2. The maximum Gasteiger partial charge on any atom is 0.262 e. The molecule has 2 N–H and O–H groups in total. The van der Waals surface area contributed by atoms with Crippen LogP contribution < -0.4 is 15.4 Å². The lowest BCUT2D eigenvalue weighted by atomic mass is 10.0. The van der Waals surface area contributed by atoms with Crippen LogP contribution in [0, 0.1) is 0 Å². The molecular formula is C26H28N2O3S. The molecule has 0 saturated carbocycles. The number of para-hydroxylation sites is 1. The summed E-state index contributed by atoms with van der Waals surface area (Å²) >= 11 is 1.46. The second-order valence-electron chi connectivity index (χ2n) is 7.70. The van der Waals surface area contributed by atoms with E-state index in [2.05, 4.69) is 24.5 Å². The number of benzene rings is 3. The molecule has 0 radical (unpaired) electrons. The van der Waals surface area contributed by atoms with Crippen LogP contribution in [0.5, 0.6) is 5.75 Å². The van der Waals surface area contributed by atoms with Gasteiger partial charge in [-0.1, -0.05) is 44.2 Å². The average molecular weight is 449 g/mol. The van der Waals surface area contributed by atoms with E-state index < -0.39 is 0 Å². The van der Waals surface area contributed by atoms with E-state index in [1.165, 1.54) is 17.3 Å². The van der Waals surface area contributed by atoms with Crippen LogP contribution in [-0.2, 0) is 9.59 Å². The van der Waals surface area contributed by atoms with Gasteiger partial charge in [-0.2, -0.15) is 0 Å². The molecule has 0 aliphatic rings. The van der Waals surface area contributed by atoms with Crippen LogP contribution in [0.4, 0.5) is 11.4 Å². The molecule has 0 bridgehead atoms. The van der Waals surface area contributed by atoms with Crippen LogP contribution >= 0.6 is 11.8 Å². The summed E-state index contributed by atoms with van der Waals surface area (Å²) in [6.07, 6.45) is 0. The number of hydrogen-bond acceptors (Lipinski definition) is 4. The van der Waals surface area contributed by atoms with Gasteiger partial charge in [-0.25, -0.2) is 0 Å². The first kappa shape index (κ1) is 23.4. The number of nitrogens with one attached hydrogen (secondary N) is 2. The highest BCUT2D eigenvalue weighted by Crippen LogP contribution is 2.26. The van der Waals surface area contributed by atoms with Crippen molar-refractivity contribution in [3.8, 4) is 5.75 Å². The van der Waals surface area contributed by atoms with Gasteiger partial charge in [0.15, 0.2) is 6.61 Å². The molecule has 0 aromatic heterocycles. The standard InChI is InChI=1S/C26H28N2O3S/c1-18(2)20-9-11-22(12-10-20)28-26(30)19(3)32-24-15-13-21(14-16-24)27-25(29)17-31-23-7-5-4-6-8-23/h4-16,18-19H,17H2,1-3H3,(H,27,29)(H,28,30). The summed E-state index contributed by atoms with van der Waals surface area (Å²) in [5, 5.41) is 5.51. The molecular weight excluding hydrogens is 420 g/mol. The molecule has 5 nitrogen and oxygen atoms in total. The molecule has 0 aliphatic carbocycles.